The summed E-state index contributed by atoms with van der Waals surface area (Å²) in [5, 5.41) is 2.42. The van der Waals surface area contributed by atoms with Gasteiger partial charge in [0.2, 0.25) is 0 Å². The molecule has 0 aromatic carbocycles. The summed E-state index contributed by atoms with van der Waals surface area (Å²) in [4.78, 5) is 12.7. The van der Waals surface area contributed by atoms with Crippen LogP contribution in [0.3, 0.4) is 0 Å². The largest absolute Gasteiger partial charge is 0.391 e. The highest BCUT2D eigenvalue weighted by Gasteiger charge is 2.43. The van der Waals surface area contributed by atoms with Crippen molar-refractivity contribution in [3.63, 3.8) is 0 Å². The van der Waals surface area contributed by atoms with Crippen molar-refractivity contribution in [3.05, 3.63) is 0 Å². The van der Waals surface area contributed by atoms with Crippen molar-refractivity contribution < 1.29 is 18.0 Å². The maximum atomic E-state index is 12.4. The highest BCUT2D eigenvalue weighted by molar-refractivity contribution is 5.74. The van der Waals surface area contributed by atoms with E-state index in [1.165, 1.54) is 11.9 Å². The van der Waals surface area contributed by atoms with E-state index in [4.69, 9.17) is 0 Å². The summed E-state index contributed by atoms with van der Waals surface area (Å²) in [6.07, 6.45) is -4.14. The van der Waals surface area contributed by atoms with Crippen molar-refractivity contribution in [2.24, 2.45) is 5.92 Å². The van der Waals surface area contributed by atoms with Crippen LogP contribution in [0.25, 0.3) is 0 Å². The molecular weight excluding hydrogens is 209 g/mol. The Kier molecular flexibility index (Phi) is 3.46. The van der Waals surface area contributed by atoms with Gasteiger partial charge < -0.3 is 10.2 Å². The second-order valence-electron chi connectivity index (χ2n) is 3.86. The topological polar surface area (TPSA) is 32.3 Å². The number of rotatable bonds is 0. The molecule has 1 aliphatic heterocycles. The number of hydrogen-bond donors (Lipinski definition) is 1. The normalized spacial score (nSPS) is 27.7. The van der Waals surface area contributed by atoms with E-state index in [0.717, 1.165) is 0 Å². The molecule has 0 bridgehead atoms. The molecular formula is C9H15F3N2O. The fourth-order valence-electron chi connectivity index (χ4n) is 1.91. The third-order valence-corrected chi connectivity index (χ3v) is 2.81. The Morgan fingerprint density at radius 3 is 2.47 bits per heavy atom. The average Bonchev–Trinajstić information content (AvgIpc) is 2.15. The van der Waals surface area contributed by atoms with Gasteiger partial charge in [0.05, 0.1) is 5.92 Å². The summed E-state index contributed by atoms with van der Waals surface area (Å²) < 4.78 is 37.2. The predicted molar refractivity (Wildman–Crippen MR) is 49.4 cm³/mol. The Morgan fingerprint density at radius 1 is 1.47 bits per heavy atom. The van der Waals surface area contributed by atoms with Crippen LogP contribution in [-0.4, -0.2) is 36.7 Å². The molecule has 15 heavy (non-hydrogen) atoms. The SMILES string of the molecule is CNC(=O)N1CCC(C(F)(F)F)CC1C. The van der Waals surface area contributed by atoms with Gasteiger partial charge in [-0.15, -0.1) is 0 Å². The van der Waals surface area contributed by atoms with E-state index in [0.29, 0.717) is 0 Å². The molecule has 1 saturated heterocycles. The quantitative estimate of drug-likeness (QED) is 0.670. The number of alkyl halides is 3. The van der Waals surface area contributed by atoms with E-state index < -0.39 is 12.1 Å². The molecule has 1 N–H and O–H groups in total. The zero-order valence-corrected chi connectivity index (χ0v) is 8.77. The molecule has 88 valence electrons. The first-order valence-corrected chi connectivity index (χ1v) is 4.91. The molecule has 1 rings (SSSR count). The van der Waals surface area contributed by atoms with Gasteiger partial charge in [-0.05, 0) is 19.8 Å². The molecule has 1 aliphatic rings. The molecule has 0 spiro atoms. The lowest BCUT2D eigenvalue weighted by Gasteiger charge is -2.37. The third kappa shape index (κ3) is 2.76. The zero-order chi connectivity index (χ0) is 11.6. The third-order valence-electron chi connectivity index (χ3n) is 2.81. The molecule has 1 fully saturated rings. The number of urea groups is 1. The van der Waals surface area contributed by atoms with E-state index in [2.05, 4.69) is 5.32 Å². The molecule has 0 aromatic rings. The van der Waals surface area contributed by atoms with Crippen LogP contribution in [0, 0.1) is 5.92 Å². The molecule has 2 atom stereocenters. The molecule has 3 nitrogen and oxygen atoms in total. The summed E-state index contributed by atoms with van der Waals surface area (Å²) in [6, 6.07) is -0.659. The number of amides is 2. The highest BCUT2D eigenvalue weighted by atomic mass is 19.4. The minimum Gasteiger partial charge on any atom is -0.341 e. The number of carbonyl (C=O) groups is 1. The van der Waals surface area contributed by atoms with Crippen molar-refractivity contribution in [1.29, 1.82) is 0 Å². The molecule has 0 saturated carbocycles. The van der Waals surface area contributed by atoms with Crippen molar-refractivity contribution >= 4 is 6.03 Å². The number of nitrogens with zero attached hydrogens (tertiary/aromatic N) is 1. The van der Waals surface area contributed by atoms with Gasteiger partial charge in [-0.1, -0.05) is 0 Å². The van der Waals surface area contributed by atoms with E-state index in [-0.39, 0.29) is 31.5 Å². The number of piperidine rings is 1. The van der Waals surface area contributed by atoms with Crippen molar-refractivity contribution in [1.82, 2.24) is 10.2 Å². The Morgan fingerprint density at radius 2 is 2.07 bits per heavy atom. The standard InChI is InChI=1S/C9H15F3N2O/c1-6-5-7(9(10,11)12)3-4-14(6)8(15)13-2/h6-7H,3-5H2,1-2H3,(H,13,15). The van der Waals surface area contributed by atoms with E-state index >= 15 is 0 Å². The lowest BCUT2D eigenvalue weighted by Crippen LogP contribution is -2.50. The summed E-state index contributed by atoms with van der Waals surface area (Å²) in [5.74, 6) is -1.27. The minimum atomic E-state index is -4.14. The number of likely N-dealkylation sites (tertiary alicyclic amines) is 1. The molecule has 1 heterocycles. The van der Waals surface area contributed by atoms with Crippen molar-refractivity contribution in [2.45, 2.75) is 32.0 Å². The van der Waals surface area contributed by atoms with Gasteiger partial charge >= 0.3 is 12.2 Å². The van der Waals surface area contributed by atoms with Gasteiger partial charge in [-0.25, -0.2) is 4.79 Å². The number of hydrogen-bond acceptors (Lipinski definition) is 1. The Hall–Kier alpha value is -0.940. The molecule has 6 heteroatoms. The van der Waals surface area contributed by atoms with Crippen LogP contribution in [0.2, 0.25) is 0 Å². The minimum absolute atomic E-state index is 0.00125. The van der Waals surface area contributed by atoms with Gasteiger partial charge in [0.1, 0.15) is 0 Å². The summed E-state index contributed by atoms with van der Waals surface area (Å²) >= 11 is 0. The van der Waals surface area contributed by atoms with Crippen LogP contribution >= 0.6 is 0 Å². The van der Waals surface area contributed by atoms with Gasteiger partial charge in [-0.2, -0.15) is 13.2 Å². The zero-order valence-electron chi connectivity index (χ0n) is 8.77. The summed E-state index contributed by atoms with van der Waals surface area (Å²) in [7, 11) is 1.48. The number of halogens is 3. The first-order valence-electron chi connectivity index (χ1n) is 4.91. The first kappa shape index (κ1) is 12.1. The lowest BCUT2D eigenvalue weighted by atomic mass is 9.91. The molecule has 2 amide bonds. The van der Waals surface area contributed by atoms with Crippen LogP contribution < -0.4 is 5.32 Å². The van der Waals surface area contributed by atoms with Crippen LogP contribution in [0.5, 0.6) is 0 Å². The van der Waals surface area contributed by atoms with Crippen molar-refractivity contribution in [3.8, 4) is 0 Å². The molecule has 0 radical (unpaired) electrons. The fraction of sp³-hybridized carbons (Fsp3) is 0.889. The average molecular weight is 224 g/mol. The van der Waals surface area contributed by atoms with Crippen LogP contribution in [0.1, 0.15) is 19.8 Å². The lowest BCUT2D eigenvalue weighted by molar-refractivity contribution is -0.187. The highest BCUT2D eigenvalue weighted by Crippen LogP contribution is 2.36. The van der Waals surface area contributed by atoms with Gasteiger partial charge in [0.25, 0.3) is 0 Å². The van der Waals surface area contributed by atoms with E-state index in [9.17, 15) is 18.0 Å². The van der Waals surface area contributed by atoms with Crippen LogP contribution in [-0.2, 0) is 0 Å². The fourth-order valence-corrected chi connectivity index (χ4v) is 1.91. The smallest absolute Gasteiger partial charge is 0.341 e. The predicted octanol–water partition coefficient (Wildman–Crippen LogP) is 1.99. The molecule has 0 aromatic heterocycles. The van der Waals surface area contributed by atoms with Crippen LogP contribution in [0.15, 0.2) is 0 Å². The Balaban J connectivity index is 2.59. The first-order chi connectivity index (χ1) is 6.86. The Bertz CT molecular complexity index is 242. The monoisotopic (exact) mass is 224 g/mol. The molecule has 2 unspecified atom stereocenters. The summed E-state index contributed by atoms with van der Waals surface area (Å²) in [6.45, 7) is 1.82. The number of carbonyl (C=O) groups excluding carboxylic acids is 1. The number of nitrogens with one attached hydrogen (secondary N) is 1. The maximum absolute atomic E-state index is 12.4. The van der Waals surface area contributed by atoms with Gasteiger partial charge in [-0.3, -0.25) is 0 Å². The van der Waals surface area contributed by atoms with E-state index in [1.807, 2.05) is 0 Å². The molecule has 0 aliphatic carbocycles. The maximum Gasteiger partial charge on any atom is 0.391 e. The van der Waals surface area contributed by atoms with Crippen molar-refractivity contribution in [2.75, 3.05) is 13.6 Å². The van der Waals surface area contributed by atoms with Gasteiger partial charge in [0, 0.05) is 19.6 Å². The van der Waals surface area contributed by atoms with E-state index in [1.54, 1.807) is 6.92 Å². The second-order valence-corrected chi connectivity index (χ2v) is 3.86. The van der Waals surface area contributed by atoms with Gasteiger partial charge in [0.15, 0.2) is 0 Å². The Labute approximate surface area is 86.6 Å². The summed E-state index contributed by atoms with van der Waals surface area (Å²) in [5.41, 5.74) is 0. The van der Waals surface area contributed by atoms with Crippen LogP contribution in [0.4, 0.5) is 18.0 Å². The second kappa shape index (κ2) is 4.28.